The Hall–Kier alpha value is -1.97. The summed E-state index contributed by atoms with van der Waals surface area (Å²) in [5.74, 6) is 0. The summed E-state index contributed by atoms with van der Waals surface area (Å²) in [6.07, 6.45) is 12.9. The Bertz CT molecular complexity index is 1730. The number of likely N-dealkylation sites (N-methyl/N-ethyl adjacent to an activating group) is 1. The first kappa shape index (κ1) is 34.9. The fourth-order valence-corrected chi connectivity index (χ4v) is 7.58. The molecule has 5 rings (SSSR count). The first-order chi connectivity index (χ1) is 20.5. The maximum atomic E-state index is 9.08. The van der Waals surface area contributed by atoms with E-state index < -0.39 is 10.1 Å². The molecule has 0 aromatic heterocycles. The van der Waals surface area contributed by atoms with Crippen LogP contribution in [0.5, 0.6) is 0 Å². The van der Waals surface area contributed by atoms with E-state index in [2.05, 4.69) is 144 Å². The van der Waals surface area contributed by atoms with E-state index >= 15 is 0 Å². The molecule has 9 heteroatoms. The SMILES string of the molecule is CCN1/C(=C/C=C2\CCCC(/C=C/C3=[N+](CC)c4ccc(Br)cc4C3(C)C)=C2Cl)C(C)(C)c2cc(Br)ccc21.CS(=O)(=O)[O-]. The van der Waals surface area contributed by atoms with Gasteiger partial charge in [-0.05, 0) is 100 Å². The molecule has 0 bridgehead atoms. The lowest BCUT2D eigenvalue weighted by molar-refractivity contribution is -0.433. The van der Waals surface area contributed by atoms with Gasteiger partial charge in [0.25, 0.3) is 0 Å². The highest BCUT2D eigenvalue weighted by Crippen LogP contribution is 2.49. The molecule has 2 aliphatic heterocycles. The Morgan fingerprint density at radius 1 is 0.955 bits per heavy atom. The zero-order chi connectivity index (χ0) is 32.6. The number of benzene rings is 2. The third-order valence-electron chi connectivity index (χ3n) is 8.68. The summed E-state index contributed by atoms with van der Waals surface area (Å²) < 4.78 is 31.9. The van der Waals surface area contributed by atoms with Gasteiger partial charge in [0.05, 0.1) is 15.5 Å². The quantitative estimate of drug-likeness (QED) is 0.225. The van der Waals surface area contributed by atoms with Gasteiger partial charge in [0.1, 0.15) is 6.54 Å². The Morgan fingerprint density at radius 3 is 2.18 bits per heavy atom. The van der Waals surface area contributed by atoms with Gasteiger partial charge < -0.3 is 9.45 Å². The molecule has 0 radical (unpaired) electrons. The van der Waals surface area contributed by atoms with Crippen molar-refractivity contribution in [1.29, 1.82) is 0 Å². The lowest BCUT2D eigenvalue weighted by Gasteiger charge is -2.26. The number of fused-ring (bicyclic) bond motifs is 2. The van der Waals surface area contributed by atoms with Crippen molar-refractivity contribution >= 4 is 70.7 Å². The van der Waals surface area contributed by atoms with Crippen LogP contribution in [0.3, 0.4) is 0 Å². The van der Waals surface area contributed by atoms with Crippen LogP contribution in [0.25, 0.3) is 0 Å². The van der Waals surface area contributed by atoms with Gasteiger partial charge in [0.2, 0.25) is 5.69 Å². The van der Waals surface area contributed by atoms with Crippen LogP contribution in [0.2, 0.25) is 0 Å². The third kappa shape index (κ3) is 7.20. The van der Waals surface area contributed by atoms with Crippen molar-refractivity contribution < 1.29 is 17.5 Å². The Kier molecular flexibility index (Phi) is 10.6. The molecule has 2 heterocycles. The highest BCUT2D eigenvalue weighted by Gasteiger charge is 2.44. The van der Waals surface area contributed by atoms with Gasteiger partial charge in [-0.25, -0.2) is 8.42 Å². The number of hydrogen-bond donors (Lipinski definition) is 0. The van der Waals surface area contributed by atoms with Gasteiger partial charge in [-0.15, -0.1) is 0 Å². The summed E-state index contributed by atoms with van der Waals surface area (Å²) in [5, 5.41) is 0.910. The van der Waals surface area contributed by atoms with E-state index in [1.807, 2.05) is 0 Å². The highest BCUT2D eigenvalue weighted by atomic mass is 79.9. The van der Waals surface area contributed by atoms with E-state index in [9.17, 15) is 0 Å². The van der Waals surface area contributed by atoms with Crippen molar-refractivity contribution in [2.24, 2.45) is 0 Å². The summed E-state index contributed by atoms with van der Waals surface area (Å²) in [5.41, 5.74) is 10.3. The second kappa shape index (κ2) is 13.4. The van der Waals surface area contributed by atoms with Gasteiger partial charge in [-0.2, -0.15) is 4.58 Å². The topological polar surface area (TPSA) is 63.5 Å². The fraction of sp³-hybridized carbons (Fsp3) is 0.400. The minimum absolute atomic E-state index is 0.0713. The van der Waals surface area contributed by atoms with Crippen molar-refractivity contribution in [3.63, 3.8) is 0 Å². The van der Waals surface area contributed by atoms with E-state index in [0.717, 1.165) is 46.3 Å². The van der Waals surface area contributed by atoms with E-state index in [4.69, 9.17) is 24.6 Å². The summed E-state index contributed by atoms with van der Waals surface area (Å²) in [4.78, 5) is 2.44. The van der Waals surface area contributed by atoms with E-state index in [-0.39, 0.29) is 10.8 Å². The molecule has 0 fully saturated rings. The third-order valence-corrected chi connectivity index (χ3v) is 10.2. The second-order valence-corrected chi connectivity index (χ2v) is 16.0. The molecule has 2 aromatic rings. The molecule has 0 unspecified atom stereocenters. The number of hydrogen-bond acceptors (Lipinski definition) is 4. The molecule has 3 aliphatic rings. The van der Waals surface area contributed by atoms with Crippen molar-refractivity contribution in [1.82, 2.24) is 0 Å². The fourth-order valence-electron chi connectivity index (χ4n) is 6.54. The number of halogens is 3. The smallest absolute Gasteiger partial charge is 0.209 e. The van der Waals surface area contributed by atoms with Crippen LogP contribution in [0.1, 0.15) is 71.9 Å². The highest BCUT2D eigenvalue weighted by molar-refractivity contribution is 9.10. The van der Waals surface area contributed by atoms with Crippen molar-refractivity contribution in [2.75, 3.05) is 24.2 Å². The minimum Gasteiger partial charge on any atom is -0.748 e. The Morgan fingerprint density at radius 2 is 1.57 bits per heavy atom. The lowest BCUT2D eigenvalue weighted by Crippen LogP contribution is -2.27. The minimum atomic E-state index is -3.92. The lowest BCUT2D eigenvalue weighted by atomic mass is 9.81. The van der Waals surface area contributed by atoms with Crippen molar-refractivity contribution in [3.05, 3.63) is 103 Å². The first-order valence-corrected chi connectivity index (χ1v) is 18.7. The van der Waals surface area contributed by atoms with Gasteiger partial charge in [0, 0.05) is 61.3 Å². The van der Waals surface area contributed by atoms with Gasteiger partial charge in [-0.3, -0.25) is 0 Å². The normalized spacial score (nSPS) is 20.8. The van der Waals surface area contributed by atoms with Crippen LogP contribution in [0.4, 0.5) is 11.4 Å². The molecule has 1 aliphatic carbocycles. The predicted molar refractivity (Wildman–Crippen MR) is 190 cm³/mol. The van der Waals surface area contributed by atoms with Crippen LogP contribution in [-0.4, -0.2) is 42.6 Å². The Balaban J connectivity index is 0.000000818. The van der Waals surface area contributed by atoms with Gasteiger partial charge >= 0.3 is 0 Å². The van der Waals surface area contributed by atoms with Gasteiger partial charge in [0.15, 0.2) is 5.71 Å². The summed E-state index contributed by atoms with van der Waals surface area (Å²) in [6.45, 7) is 15.6. The molecular weight excluding hydrogens is 724 g/mol. The maximum Gasteiger partial charge on any atom is 0.209 e. The van der Waals surface area contributed by atoms with Crippen LogP contribution in [0.15, 0.2) is 91.5 Å². The molecule has 44 heavy (non-hydrogen) atoms. The zero-order valence-corrected chi connectivity index (χ0v) is 31.2. The zero-order valence-electron chi connectivity index (χ0n) is 26.5. The number of rotatable bonds is 5. The van der Waals surface area contributed by atoms with Crippen LogP contribution in [-0.2, 0) is 20.9 Å². The molecular formula is C35H41Br2ClN2O3S. The van der Waals surface area contributed by atoms with Crippen molar-refractivity contribution in [2.45, 2.75) is 71.6 Å². The number of nitrogens with zero attached hydrogens (tertiary/aromatic N) is 2. The Labute approximate surface area is 285 Å². The monoisotopic (exact) mass is 762 g/mol. The van der Waals surface area contributed by atoms with E-state index in [1.165, 1.54) is 45.1 Å². The summed E-state index contributed by atoms with van der Waals surface area (Å²) >= 11 is 14.5. The van der Waals surface area contributed by atoms with Crippen LogP contribution >= 0.6 is 43.5 Å². The van der Waals surface area contributed by atoms with Crippen LogP contribution in [0, 0.1) is 0 Å². The molecule has 5 nitrogen and oxygen atoms in total. The molecule has 236 valence electrons. The van der Waals surface area contributed by atoms with E-state index in [1.54, 1.807) is 0 Å². The molecule has 2 aromatic carbocycles. The van der Waals surface area contributed by atoms with Crippen LogP contribution < -0.4 is 4.90 Å². The molecule has 0 spiro atoms. The predicted octanol–water partition coefficient (Wildman–Crippen LogP) is 9.63. The second-order valence-electron chi connectivity index (χ2n) is 12.4. The summed E-state index contributed by atoms with van der Waals surface area (Å²) in [7, 11) is -3.92. The van der Waals surface area contributed by atoms with Crippen molar-refractivity contribution in [3.8, 4) is 0 Å². The van der Waals surface area contributed by atoms with E-state index in [0.29, 0.717) is 6.26 Å². The molecule has 0 N–H and O–H groups in total. The molecule has 0 amide bonds. The van der Waals surface area contributed by atoms with Gasteiger partial charge in [-0.1, -0.05) is 69.5 Å². The number of anilines is 1. The standard InChI is InChI=1S/C34H38Br2ClN2.CH4O3S/c1-7-38-28-16-14-24(35)20-26(28)33(3,4)30(38)18-12-22-10-9-11-23(32(22)37)13-19-31-34(5,6)27-21-25(36)15-17-29(27)39(31)8-2;1-5(2,3)4/h12-21H,7-11H2,1-6H3;1H3,(H,2,3,4)/q+1;/p-1. The molecule has 0 atom stereocenters. The maximum absolute atomic E-state index is 9.08. The summed E-state index contributed by atoms with van der Waals surface area (Å²) in [6, 6.07) is 13.3. The average Bonchev–Trinajstić information content (AvgIpc) is 3.28. The molecule has 0 saturated heterocycles. The molecule has 0 saturated carbocycles. The number of allylic oxidation sites excluding steroid dienone is 8. The average molecular weight is 765 g/mol. The largest absolute Gasteiger partial charge is 0.748 e. The first-order valence-electron chi connectivity index (χ1n) is 14.9.